The van der Waals surface area contributed by atoms with Crippen LogP contribution in [0.15, 0.2) is 0 Å². The fourth-order valence-corrected chi connectivity index (χ4v) is 2.86. The number of amides is 4. The van der Waals surface area contributed by atoms with E-state index in [2.05, 4.69) is 21.3 Å². The summed E-state index contributed by atoms with van der Waals surface area (Å²) < 4.78 is 11.1. The number of rotatable bonds is 9. The van der Waals surface area contributed by atoms with Crippen molar-refractivity contribution in [2.45, 2.75) is 70.5 Å². The largest absolute Gasteiger partial charge is 0.394 e. The molecule has 5 unspecified atom stereocenters. The van der Waals surface area contributed by atoms with Crippen LogP contribution >= 0.6 is 0 Å². The van der Waals surface area contributed by atoms with Crippen molar-refractivity contribution < 1.29 is 44.0 Å². The standard InChI is InChI=1S/C17H30N4O9/c1-7(12(20-9(3)24)16(28)19-6-18-8(2)23)29-17-13(21-10(4)25)15(27)14(26)11(5-22)30-17/h7,11-15,17,22,26-27H,5-6H2,1-4H3,(H,18,23)(H,19,28)(H,20,24)(H,21,25)/t7?,11?,12?,13?,14-,15?,17-/m0/s1. The molecule has 0 aromatic heterocycles. The second-order valence-electron chi connectivity index (χ2n) is 6.90. The lowest BCUT2D eigenvalue weighted by Gasteiger charge is -2.43. The van der Waals surface area contributed by atoms with Gasteiger partial charge < -0.3 is 46.1 Å². The van der Waals surface area contributed by atoms with E-state index in [4.69, 9.17) is 9.47 Å². The minimum atomic E-state index is -1.52. The third kappa shape index (κ3) is 7.50. The maximum Gasteiger partial charge on any atom is 0.246 e. The third-order valence-electron chi connectivity index (χ3n) is 4.31. The Morgan fingerprint density at radius 3 is 2.13 bits per heavy atom. The van der Waals surface area contributed by atoms with Gasteiger partial charge in [0.25, 0.3) is 0 Å². The van der Waals surface area contributed by atoms with E-state index >= 15 is 0 Å². The topological polar surface area (TPSA) is 196 Å². The molecule has 1 rings (SSSR count). The van der Waals surface area contributed by atoms with E-state index < -0.39 is 67.1 Å². The van der Waals surface area contributed by atoms with Gasteiger partial charge in [-0.3, -0.25) is 19.2 Å². The highest BCUT2D eigenvalue weighted by Crippen LogP contribution is 2.23. The van der Waals surface area contributed by atoms with Crippen molar-refractivity contribution in [3.05, 3.63) is 0 Å². The summed E-state index contributed by atoms with van der Waals surface area (Å²) in [6.45, 7) is 4.28. The number of nitrogens with one attached hydrogen (secondary N) is 4. The van der Waals surface area contributed by atoms with Crippen LogP contribution in [-0.4, -0.2) is 95.0 Å². The Morgan fingerprint density at radius 1 is 1.00 bits per heavy atom. The van der Waals surface area contributed by atoms with E-state index in [0.717, 1.165) is 0 Å². The summed E-state index contributed by atoms with van der Waals surface area (Å²) in [5.41, 5.74) is 0. The molecule has 1 heterocycles. The van der Waals surface area contributed by atoms with Crippen LogP contribution in [0.3, 0.4) is 0 Å². The smallest absolute Gasteiger partial charge is 0.246 e. The van der Waals surface area contributed by atoms with Gasteiger partial charge in [0.2, 0.25) is 23.6 Å². The Kier molecular flexibility index (Phi) is 10.1. The minimum Gasteiger partial charge on any atom is -0.394 e. The zero-order chi connectivity index (χ0) is 23.0. The van der Waals surface area contributed by atoms with Crippen molar-refractivity contribution in [2.75, 3.05) is 13.3 Å². The van der Waals surface area contributed by atoms with Gasteiger partial charge in [-0.1, -0.05) is 0 Å². The zero-order valence-electron chi connectivity index (χ0n) is 17.2. The van der Waals surface area contributed by atoms with Gasteiger partial charge in [-0.2, -0.15) is 0 Å². The van der Waals surface area contributed by atoms with Crippen molar-refractivity contribution in [2.24, 2.45) is 0 Å². The van der Waals surface area contributed by atoms with Gasteiger partial charge in [-0.25, -0.2) is 0 Å². The lowest BCUT2D eigenvalue weighted by molar-refractivity contribution is -0.281. The molecular weight excluding hydrogens is 404 g/mol. The molecule has 172 valence electrons. The molecule has 1 saturated heterocycles. The molecule has 0 saturated carbocycles. The molecule has 0 bridgehead atoms. The third-order valence-corrected chi connectivity index (χ3v) is 4.31. The lowest BCUT2D eigenvalue weighted by Crippen LogP contribution is -2.66. The van der Waals surface area contributed by atoms with Crippen molar-refractivity contribution >= 4 is 23.6 Å². The van der Waals surface area contributed by atoms with Crippen molar-refractivity contribution in [1.82, 2.24) is 21.3 Å². The molecule has 13 heteroatoms. The van der Waals surface area contributed by atoms with E-state index in [1.807, 2.05) is 0 Å². The zero-order valence-corrected chi connectivity index (χ0v) is 17.2. The van der Waals surface area contributed by atoms with Gasteiger partial charge in [-0.05, 0) is 6.92 Å². The second-order valence-corrected chi connectivity index (χ2v) is 6.90. The van der Waals surface area contributed by atoms with Crippen LogP contribution < -0.4 is 21.3 Å². The number of hydrogen-bond acceptors (Lipinski definition) is 9. The number of aliphatic hydroxyl groups is 3. The van der Waals surface area contributed by atoms with E-state index in [1.54, 1.807) is 0 Å². The number of ether oxygens (including phenoxy) is 2. The molecule has 0 spiro atoms. The highest BCUT2D eigenvalue weighted by molar-refractivity contribution is 5.87. The van der Waals surface area contributed by atoms with Crippen LogP contribution in [0.5, 0.6) is 0 Å². The molecule has 0 aromatic carbocycles. The molecule has 1 fully saturated rings. The predicted molar refractivity (Wildman–Crippen MR) is 100 cm³/mol. The second kappa shape index (κ2) is 11.8. The number of carbonyl (C=O) groups is 4. The van der Waals surface area contributed by atoms with Crippen LogP contribution in [0.25, 0.3) is 0 Å². The van der Waals surface area contributed by atoms with Crippen LogP contribution in [0.2, 0.25) is 0 Å². The van der Waals surface area contributed by atoms with E-state index in [-0.39, 0.29) is 12.6 Å². The van der Waals surface area contributed by atoms with Crippen LogP contribution in [0, 0.1) is 0 Å². The fourth-order valence-electron chi connectivity index (χ4n) is 2.86. The molecule has 0 aliphatic carbocycles. The number of aliphatic hydroxyl groups excluding tert-OH is 3. The van der Waals surface area contributed by atoms with E-state index in [9.17, 15) is 34.5 Å². The highest BCUT2D eigenvalue weighted by atomic mass is 16.7. The number of carbonyl (C=O) groups excluding carboxylic acids is 4. The monoisotopic (exact) mass is 434 g/mol. The molecule has 7 N–H and O–H groups in total. The summed E-state index contributed by atoms with van der Waals surface area (Å²) in [6.07, 6.45) is -6.60. The highest BCUT2D eigenvalue weighted by Gasteiger charge is 2.46. The van der Waals surface area contributed by atoms with Crippen molar-refractivity contribution in [3.63, 3.8) is 0 Å². The number of hydrogen-bond donors (Lipinski definition) is 7. The van der Waals surface area contributed by atoms with Gasteiger partial charge in [0.05, 0.1) is 19.4 Å². The molecule has 13 nitrogen and oxygen atoms in total. The van der Waals surface area contributed by atoms with Crippen LogP contribution in [-0.2, 0) is 28.7 Å². The first-order valence-electron chi connectivity index (χ1n) is 9.32. The first-order chi connectivity index (χ1) is 14.0. The van der Waals surface area contributed by atoms with Gasteiger partial charge >= 0.3 is 0 Å². The Hall–Kier alpha value is -2.32. The van der Waals surface area contributed by atoms with Crippen molar-refractivity contribution in [3.8, 4) is 0 Å². The van der Waals surface area contributed by atoms with Gasteiger partial charge in [0.15, 0.2) is 6.29 Å². The van der Waals surface area contributed by atoms with Crippen LogP contribution in [0.1, 0.15) is 27.7 Å². The summed E-state index contributed by atoms with van der Waals surface area (Å²) in [5.74, 6) is -2.11. The summed E-state index contributed by atoms with van der Waals surface area (Å²) in [7, 11) is 0. The average molecular weight is 434 g/mol. The van der Waals surface area contributed by atoms with Gasteiger partial charge in [-0.15, -0.1) is 0 Å². The van der Waals surface area contributed by atoms with Gasteiger partial charge in [0.1, 0.15) is 30.4 Å². The SMILES string of the molecule is CC(=O)NCNC(=O)C(NC(C)=O)C(C)O[C@H]1OC(CO)[C@H](O)C(O)C1NC(C)=O. The Labute approximate surface area is 173 Å². The Bertz CT molecular complexity index is 632. The first kappa shape index (κ1) is 25.7. The molecule has 1 aliphatic rings. The summed E-state index contributed by atoms with van der Waals surface area (Å²) in [4.78, 5) is 46.4. The van der Waals surface area contributed by atoms with Gasteiger partial charge in [0, 0.05) is 20.8 Å². The average Bonchev–Trinajstić information content (AvgIpc) is 2.64. The molecule has 0 radical (unpaired) electrons. The Balaban J connectivity index is 2.97. The Morgan fingerprint density at radius 2 is 1.63 bits per heavy atom. The maximum absolute atomic E-state index is 12.4. The predicted octanol–water partition coefficient (Wildman–Crippen LogP) is -3.95. The lowest BCUT2D eigenvalue weighted by atomic mass is 9.96. The summed E-state index contributed by atoms with van der Waals surface area (Å²) >= 11 is 0. The molecule has 0 aromatic rings. The normalized spacial score (nSPS) is 28.0. The van der Waals surface area contributed by atoms with Crippen molar-refractivity contribution in [1.29, 1.82) is 0 Å². The van der Waals surface area contributed by atoms with E-state index in [0.29, 0.717) is 0 Å². The first-order valence-corrected chi connectivity index (χ1v) is 9.32. The summed E-state index contributed by atoms with van der Waals surface area (Å²) in [5, 5.41) is 39.3. The summed E-state index contributed by atoms with van der Waals surface area (Å²) in [6, 6.07) is -2.42. The molecule has 1 aliphatic heterocycles. The van der Waals surface area contributed by atoms with E-state index in [1.165, 1.54) is 27.7 Å². The van der Waals surface area contributed by atoms with Crippen LogP contribution in [0.4, 0.5) is 0 Å². The molecular formula is C17H30N4O9. The molecule has 30 heavy (non-hydrogen) atoms. The maximum atomic E-state index is 12.4. The molecule has 4 amide bonds. The molecule has 7 atom stereocenters. The minimum absolute atomic E-state index is 0.178. The quantitative estimate of drug-likeness (QED) is 0.177. The fraction of sp³-hybridized carbons (Fsp3) is 0.765.